The van der Waals surface area contributed by atoms with Gasteiger partial charge in [-0.1, -0.05) is 106 Å². The molecule has 1 aliphatic rings. The number of benzene rings is 5. The van der Waals surface area contributed by atoms with Crippen molar-refractivity contribution in [1.82, 2.24) is 4.90 Å². The summed E-state index contributed by atoms with van der Waals surface area (Å²) in [6.45, 7) is 10.9. The fourth-order valence-corrected chi connectivity index (χ4v) is 6.81. The number of hydrogen-bond acceptors (Lipinski definition) is 8. The van der Waals surface area contributed by atoms with Crippen molar-refractivity contribution in [3.8, 4) is 16.9 Å². The molecule has 6 aromatic rings. The highest BCUT2D eigenvalue weighted by Gasteiger charge is 2.26. The van der Waals surface area contributed by atoms with Gasteiger partial charge in [0.25, 0.3) is 10.9 Å². The molecule has 7 rings (SSSR count). The number of methoxy groups -OCH3 is 1. The number of amides is 2. The maximum absolute atomic E-state index is 13.8. The molecule has 6 aromatic carbocycles. The van der Waals surface area contributed by atoms with Crippen LogP contribution in [0.4, 0.5) is 33.2 Å². The molecule has 1 saturated heterocycles. The number of fused-ring (bicyclic) bond motifs is 1. The van der Waals surface area contributed by atoms with Gasteiger partial charge in [-0.2, -0.15) is 0 Å². The molecule has 1 fully saturated rings. The van der Waals surface area contributed by atoms with Crippen LogP contribution in [0.2, 0.25) is 0 Å². The largest absolute Gasteiger partial charge is 0.492 e. The summed E-state index contributed by atoms with van der Waals surface area (Å²) in [4.78, 5) is 41.6. The number of hydrogen-bond donors (Lipinski definition) is 4. The van der Waals surface area contributed by atoms with Gasteiger partial charge < -0.3 is 30.7 Å². The Morgan fingerprint density at radius 2 is 1.39 bits per heavy atom. The van der Waals surface area contributed by atoms with Crippen LogP contribution in [0.25, 0.3) is 21.9 Å². The minimum absolute atomic E-state index is 0.147. The van der Waals surface area contributed by atoms with Crippen molar-refractivity contribution in [2.75, 3.05) is 54.7 Å². The number of morpholine rings is 1. The molecular formula is C44H45N5O5. The highest BCUT2D eigenvalue weighted by atomic mass is 16.5. The molecule has 0 unspecified atom stereocenters. The fourth-order valence-electron chi connectivity index (χ4n) is 6.81. The summed E-state index contributed by atoms with van der Waals surface area (Å²) in [6.07, 6.45) is 0. The predicted molar refractivity (Wildman–Crippen MR) is 218 cm³/mol. The van der Waals surface area contributed by atoms with E-state index in [2.05, 4.69) is 77.3 Å². The Kier molecular flexibility index (Phi) is 10.5. The summed E-state index contributed by atoms with van der Waals surface area (Å²) >= 11 is 0. The molecular weight excluding hydrogens is 679 g/mol. The van der Waals surface area contributed by atoms with Crippen LogP contribution in [0.15, 0.2) is 113 Å². The third-order valence-electron chi connectivity index (χ3n) is 9.84. The van der Waals surface area contributed by atoms with Crippen molar-refractivity contribution in [2.45, 2.75) is 39.3 Å². The highest BCUT2D eigenvalue weighted by molar-refractivity contribution is 6.10. The molecule has 1 heterocycles. The zero-order chi connectivity index (χ0) is 37.8. The normalized spacial score (nSPS) is 13.5. The van der Waals surface area contributed by atoms with Crippen molar-refractivity contribution in [2.24, 2.45) is 0 Å². The lowest BCUT2D eigenvalue weighted by molar-refractivity contribution is 0.0342. The van der Waals surface area contributed by atoms with Gasteiger partial charge in [-0.25, -0.2) is 4.79 Å². The van der Waals surface area contributed by atoms with E-state index < -0.39 is 16.9 Å². The van der Waals surface area contributed by atoms with E-state index in [1.165, 1.54) is 12.7 Å². The number of nitrogens with zero attached hydrogens (tertiary/aromatic N) is 1. The second kappa shape index (κ2) is 15.6. The molecule has 276 valence electrons. The van der Waals surface area contributed by atoms with Gasteiger partial charge in [-0.05, 0) is 56.8 Å². The van der Waals surface area contributed by atoms with Gasteiger partial charge in [0.1, 0.15) is 11.4 Å². The molecule has 1 aliphatic heterocycles. The molecule has 0 aliphatic carbocycles. The quantitative estimate of drug-likeness (QED) is 0.0987. The van der Waals surface area contributed by atoms with Gasteiger partial charge in [0.2, 0.25) is 0 Å². The van der Waals surface area contributed by atoms with Crippen molar-refractivity contribution in [3.05, 3.63) is 140 Å². The molecule has 0 spiro atoms. The van der Waals surface area contributed by atoms with Crippen LogP contribution in [0, 0.1) is 0 Å². The maximum atomic E-state index is 13.8. The SMILES string of the molecule is COc1c(NC(=O)Nc2ccc(-c3ccc(CN4CCOCC4)cc3)c3ccccc23)cc(C(C)(C)C)cc1Nc1c(NCc2ccccc2)c(=O)c1=O. The summed E-state index contributed by atoms with van der Waals surface area (Å²) in [5, 5.41) is 14.2. The Bertz CT molecular complexity index is 2350. The van der Waals surface area contributed by atoms with Crippen molar-refractivity contribution >= 4 is 45.2 Å². The summed E-state index contributed by atoms with van der Waals surface area (Å²) in [5.74, 6) is 0.317. The smallest absolute Gasteiger partial charge is 0.323 e. The number of urea groups is 1. The van der Waals surface area contributed by atoms with Gasteiger partial charge in [-0.3, -0.25) is 14.5 Å². The van der Waals surface area contributed by atoms with E-state index in [-0.39, 0.29) is 16.8 Å². The van der Waals surface area contributed by atoms with Crippen LogP contribution in [0.3, 0.4) is 0 Å². The zero-order valence-electron chi connectivity index (χ0n) is 31.0. The Labute approximate surface area is 314 Å². The Morgan fingerprint density at radius 1 is 0.741 bits per heavy atom. The van der Waals surface area contributed by atoms with Crippen molar-refractivity contribution in [3.63, 3.8) is 0 Å². The summed E-state index contributed by atoms with van der Waals surface area (Å²) in [6, 6.07) is 33.5. The molecule has 4 N–H and O–H groups in total. The molecule has 0 atom stereocenters. The first-order valence-electron chi connectivity index (χ1n) is 18.2. The average molecular weight is 724 g/mol. The number of carbonyl (C=O) groups excluding carboxylic acids is 1. The Balaban J connectivity index is 1.13. The van der Waals surface area contributed by atoms with Crippen LogP contribution in [-0.4, -0.2) is 44.3 Å². The van der Waals surface area contributed by atoms with E-state index in [1.807, 2.05) is 72.8 Å². The van der Waals surface area contributed by atoms with Crippen molar-refractivity contribution < 1.29 is 14.3 Å². The van der Waals surface area contributed by atoms with Gasteiger partial charge in [0.05, 0.1) is 37.4 Å². The van der Waals surface area contributed by atoms with E-state index in [4.69, 9.17) is 9.47 Å². The number of ether oxygens (including phenoxy) is 2. The van der Waals surface area contributed by atoms with Gasteiger partial charge in [0, 0.05) is 31.6 Å². The lowest BCUT2D eigenvalue weighted by Gasteiger charge is -2.26. The molecule has 0 aromatic heterocycles. The fraction of sp³-hybridized carbons (Fsp3) is 0.250. The van der Waals surface area contributed by atoms with Gasteiger partial charge in [0.15, 0.2) is 5.75 Å². The standard InChI is InChI=1S/C44H45N5O5/c1-44(2,3)31-24-36(46-39-38(40(50)41(39)51)45-26-28-10-6-5-7-11-28)42(53-4)37(25-31)48-43(52)47-35-19-18-32(33-12-8-9-13-34(33)35)30-16-14-29(15-17-30)27-49-20-22-54-23-21-49/h5-19,24-25,45-46H,20-23,26-27H2,1-4H3,(H2,47,48,52). The number of anilines is 5. The molecule has 54 heavy (non-hydrogen) atoms. The van der Waals surface area contributed by atoms with Crippen LogP contribution < -0.4 is 36.9 Å². The molecule has 10 heteroatoms. The second-order valence-electron chi connectivity index (χ2n) is 14.6. The Morgan fingerprint density at radius 3 is 2.09 bits per heavy atom. The zero-order valence-corrected chi connectivity index (χ0v) is 31.0. The monoisotopic (exact) mass is 723 g/mol. The first kappa shape index (κ1) is 36.4. The molecule has 10 nitrogen and oxygen atoms in total. The van der Waals surface area contributed by atoms with E-state index >= 15 is 0 Å². The third-order valence-corrected chi connectivity index (χ3v) is 9.84. The molecule has 0 bridgehead atoms. The van der Waals surface area contributed by atoms with Crippen LogP contribution >= 0.6 is 0 Å². The predicted octanol–water partition coefficient (Wildman–Crippen LogP) is 8.24. The molecule has 2 amide bonds. The van der Waals surface area contributed by atoms with Crippen molar-refractivity contribution in [1.29, 1.82) is 0 Å². The van der Waals surface area contributed by atoms with E-state index in [1.54, 1.807) is 0 Å². The molecule has 0 saturated carbocycles. The maximum Gasteiger partial charge on any atom is 0.323 e. The number of nitrogens with one attached hydrogen (secondary N) is 4. The lowest BCUT2D eigenvalue weighted by Crippen LogP contribution is -2.36. The van der Waals surface area contributed by atoms with E-state index in [0.717, 1.165) is 65.9 Å². The van der Waals surface area contributed by atoms with Gasteiger partial charge in [-0.15, -0.1) is 0 Å². The lowest BCUT2D eigenvalue weighted by atomic mass is 9.86. The topological polar surface area (TPSA) is 121 Å². The minimum atomic E-state index is -0.625. The number of rotatable bonds is 11. The summed E-state index contributed by atoms with van der Waals surface area (Å²) in [5.41, 5.74) is 5.58. The average Bonchev–Trinajstić information content (AvgIpc) is 3.18. The molecule has 0 radical (unpaired) electrons. The first-order chi connectivity index (χ1) is 26.1. The highest BCUT2D eigenvalue weighted by Crippen LogP contribution is 2.41. The number of carbonyl (C=O) groups is 1. The van der Waals surface area contributed by atoms with Crippen LogP contribution in [0.5, 0.6) is 5.75 Å². The summed E-state index contributed by atoms with van der Waals surface area (Å²) in [7, 11) is 1.50. The Hall–Kier alpha value is -5.97. The third kappa shape index (κ3) is 7.85. The summed E-state index contributed by atoms with van der Waals surface area (Å²) < 4.78 is 11.3. The van der Waals surface area contributed by atoms with E-state index in [9.17, 15) is 14.4 Å². The van der Waals surface area contributed by atoms with Gasteiger partial charge >= 0.3 is 6.03 Å². The van der Waals surface area contributed by atoms with E-state index in [0.29, 0.717) is 29.4 Å². The minimum Gasteiger partial charge on any atom is -0.492 e. The second-order valence-corrected chi connectivity index (χ2v) is 14.6. The van der Waals surface area contributed by atoms with Crippen LogP contribution in [0.1, 0.15) is 37.5 Å². The van der Waals surface area contributed by atoms with Crippen LogP contribution in [-0.2, 0) is 23.2 Å². The first-order valence-corrected chi connectivity index (χ1v) is 18.2.